The molecule has 2 aromatic rings. The van der Waals surface area contributed by atoms with Crippen LogP contribution in [0.3, 0.4) is 0 Å². The Labute approximate surface area is 204 Å². The van der Waals surface area contributed by atoms with Gasteiger partial charge in [0, 0.05) is 24.5 Å². The molecule has 0 N–H and O–H groups in total. The quantitative estimate of drug-likeness (QED) is 0.457. The van der Waals surface area contributed by atoms with Crippen LogP contribution >= 0.6 is 0 Å². The molecule has 1 saturated heterocycles. The second kappa shape index (κ2) is 8.36. The summed E-state index contributed by atoms with van der Waals surface area (Å²) in [6.07, 6.45) is 0. The van der Waals surface area contributed by atoms with Gasteiger partial charge < -0.3 is 9.80 Å². The second-order valence-electron chi connectivity index (χ2n) is 14.2. The Bertz CT molecular complexity index is 842. The minimum atomic E-state index is 0.137. The Morgan fingerprint density at radius 2 is 0.667 bits per heavy atom. The van der Waals surface area contributed by atoms with E-state index in [1.165, 1.54) is 33.6 Å². The van der Waals surface area contributed by atoms with Crippen LogP contribution in [0, 0.1) is 0 Å². The summed E-state index contributed by atoms with van der Waals surface area (Å²) in [6, 6.07) is 14.5. The van der Waals surface area contributed by atoms with Crippen molar-refractivity contribution in [3.8, 4) is 0 Å². The molecule has 1 aliphatic heterocycles. The van der Waals surface area contributed by atoms with Crippen molar-refractivity contribution < 1.29 is 0 Å². The lowest BCUT2D eigenvalue weighted by atomic mass is 9.80. The van der Waals surface area contributed by atoms with Crippen molar-refractivity contribution in [1.82, 2.24) is 0 Å². The molecule has 0 amide bonds. The summed E-state index contributed by atoms with van der Waals surface area (Å²) in [5.41, 5.74) is 8.96. The predicted octanol–water partition coefficient (Wildman–Crippen LogP) is 8.16. The molecular formula is C31H48N2. The number of rotatable bonds is 2. The Kier molecular flexibility index (Phi) is 6.50. The maximum Gasteiger partial charge on any atom is 0.0904 e. The first-order chi connectivity index (χ1) is 14.9. The molecule has 0 saturated carbocycles. The average molecular weight is 449 g/mol. The number of hydrogen-bond acceptors (Lipinski definition) is 2. The maximum absolute atomic E-state index is 2.56. The normalized spacial score (nSPS) is 16.0. The van der Waals surface area contributed by atoms with Crippen LogP contribution in [0.5, 0.6) is 0 Å². The summed E-state index contributed by atoms with van der Waals surface area (Å²) < 4.78 is 0. The number of anilines is 2. The fourth-order valence-electron chi connectivity index (χ4n) is 4.33. The SMILES string of the molecule is CC(C)(C)c1cc(N2CCN(c3cc(C(C)(C)C)cc(C(C)(C)C)c3)C2)cc(C(C)(C)C)c1. The Balaban J connectivity index is 1.98. The third-order valence-corrected chi connectivity index (χ3v) is 7.01. The molecule has 2 heteroatoms. The molecule has 1 aliphatic rings. The van der Waals surface area contributed by atoms with E-state index in [4.69, 9.17) is 0 Å². The largest absolute Gasteiger partial charge is 0.352 e. The van der Waals surface area contributed by atoms with Crippen molar-refractivity contribution >= 4 is 11.4 Å². The summed E-state index contributed by atoms with van der Waals surface area (Å²) in [4.78, 5) is 5.12. The molecule has 0 aromatic heterocycles. The van der Waals surface area contributed by atoms with Crippen molar-refractivity contribution in [2.75, 3.05) is 29.6 Å². The molecule has 2 aromatic carbocycles. The molecule has 0 spiro atoms. The van der Waals surface area contributed by atoms with E-state index in [-0.39, 0.29) is 21.7 Å². The maximum atomic E-state index is 2.56. The fraction of sp³-hybridized carbons (Fsp3) is 0.613. The molecule has 182 valence electrons. The van der Waals surface area contributed by atoms with Crippen molar-refractivity contribution in [2.24, 2.45) is 0 Å². The highest BCUT2D eigenvalue weighted by atomic mass is 15.4. The summed E-state index contributed by atoms with van der Waals surface area (Å²) in [6.45, 7) is 30.9. The van der Waals surface area contributed by atoms with Crippen molar-refractivity contribution in [3.05, 3.63) is 58.7 Å². The van der Waals surface area contributed by atoms with Crippen molar-refractivity contribution in [2.45, 2.75) is 105 Å². The molecule has 3 rings (SSSR count). The van der Waals surface area contributed by atoms with Crippen LogP contribution in [-0.4, -0.2) is 19.8 Å². The molecule has 0 unspecified atom stereocenters. The predicted molar refractivity (Wildman–Crippen MR) is 147 cm³/mol. The van der Waals surface area contributed by atoms with Crippen LogP contribution in [0.15, 0.2) is 36.4 Å². The first kappa shape index (κ1) is 25.7. The van der Waals surface area contributed by atoms with Gasteiger partial charge in [0.1, 0.15) is 0 Å². The van der Waals surface area contributed by atoms with E-state index in [1.54, 1.807) is 0 Å². The molecule has 1 fully saturated rings. The van der Waals surface area contributed by atoms with Gasteiger partial charge in [-0.15, -0.1) is 0 Å². The first-order valence-corrected chi connectivity index (χ1v) is 12.7. The first-order valence-electron chi connectivity index (χ1n) is 12.7. The molecule has 0 aliphatic carbocycles. The van der Waals surface area contributed by atoms with Gasteiger partial charge in [0.2, 0.25) is 0 Å². The van der Waals surface area contributed by atoms with Crippen LogP contribution in [0.25, 0.3) is 0 Å². The monoisotopic (exact) mass is 448 g/mol. The molecule has 1 heterocycles. The van der Waals surface area contributed by atoms with Crippen LogP contribution in [0.4, 0.5) is 11.4 Å². The van der Waals surface area contributed by atoms with Gasteiger partial charge in [0.05, 0.1) is 6.67 Å². The zero-order valence-electron chi connectivity index (χ0n) is 23.5. The highest BCUT2D eigenvalue weighted by Gasteiger charge is 2.27. The third-order valence-electron chi connectivity index (χ3n) is 7.01. The van der Waals surface area contributed by atoms with Gasteiger partial charge in [-0.2, -0.15) is 0 Å². The van der Waals surface area contributed by atoms with E-state index >= 15 is 0 Å². The Morgan fingerprint density at radius 3 is 0.879 bits per heavy atom. The lowest BCUT2D eigenvalue weighted by Gasteiger charge is -2.30. The Hall–Kier alpha value is -1.96. The van der Waals surface area contributed by atoms with E-state index in [0.29, 0.717) is 0 Å². The molecule has 2 nitrogen and oxygen atoms in total. The van der Waals surface area contributed by atoms with Crippen LogP contribution in [0.1, 0.15) is 105 Å². The van der Waals surface area contributed by atoms with E-state index < -0.39 is 0 Å². The van der Waals surface area contributed by atoms with E-state index in [2.05, 4.69) is 129 Å². The lowest BCUT2D eigenvalue weighted by Crippen LogP contribution is -2.27. The summed E-state index contributed by atoms with van der Waals surface area (Å²) in [7, 11) is 0. The summed E-state index contributed by atoms with van der Waals surface area (Å²) in [5, 5.41) is 0. The van der Waals surface area contributed by atoms with Crippen molar-refractivity contribution in [3.63, 3.8) is 0 Å². The van der Waals surface area contributed by atoms with Gasteiger partial charge in [-0.05, 0) is 68.2 Å². The topological polar surface area (TPSA) is 6.48 Å². The van der Waals surface area contributed by atoms with Crippen LogP contribution < -0.4 is 9.80 Å². The molecular weight excluding hydrogens is 400 g/mol. The van der Waals surface area contributed by atoms with Gasteiger partial charge in [-0.1, -0.05) is 95.2 Å². The second-order valence-corrected chi connectivity index (χ2v) is 14.2. The van der Waals surface area contributed by atoms with Crippen LogP contribution in [-0.2, 0) is 21.7 Å². The zero-order chi connectivity index (χ0) is 25.0. The van der Waals surface area contributed by atoms with E-state index in [9.17, 15) is 0 Å². The van der Waals surface area contributed by atoms with Gasteiger partial charge in [0.25, 0.3) is 0 Å². The van der Waals surface area contributed by atoms with E-state index in [0.717, 1.165) is 19.8 Å². The van der Waals surface area contributed by atoms with Gasteiger partial charge in [0.15, 0.2) is 0 Å². The molecule has 0 atom stereocenters. The average Bonchev–Trinajstić information content (AvgIpc) is 3.15. The standard InChI is InChI=1S/C31H48N2/c1-28(2,3)22-15-23(29(4,5)6)18-26(17-22)32-13-14-33(21-32)27-19-24(30(7,8)9)16-25(20-27)31(10,11)12/h15-20H,13-14,21H2,1-12H3. The molecule has 0 radical (unpaired) electrons. The zero-order valence-corrected chi connectivity index (χ0v) is 23.5. The van der Waals surface area contributed by atoms with Crippen LogP contribution in [0.2, 0.25) is 0 Å². The lowest BCUT2D eigenvalue weighted by molar-refractivity contribution is 0.568. The molecule has 33 heavy (non-hydrogen) atoms. The fourth-order valence-corrected chi connectivity index (χ4v) is 4.33. The number of nitrogens with zero attached hydrogens (tertiary/aromatic N) is 2. The summed E-state index contributed by atoms with van der Waals surface area (Å²) in [5.74, 6) is 0. The molecule has 0 bridgehead atoms. The van der Waals surface area contributed by atoms with Crippen molar-refractivity contribution in [1.29, 1.82) is 0 Å². The van der Waals surface area contributed by atoms with E-state index in [1.807, 2.05) is 0 Å². The van der Waals surface area contributed by atoms with Gasteiger partial charge >= 0.3 is 0 Å². The van der Waals surface area contributed by atoms with Gasteiger partial charge in [-0.25, -0.2) is 0 Å². The minimum Gasteiger partial charge on any atom is -0.352 e. The highest BCUT2D eigenvalue weighted by Crippen LogP contribution is 2.37. The van der Waals surface area contributed by atoms with Gasteiger partial charge in [-0.3, -0.25) is 0 Å². The number of hydrogen-bond donors (Lipinski definition) is 0. The highest BCUT2D eigenvalue weighted by molar-refractivity contribution is 5.60. The number of benzene rings is 2. The Morgan fingerprint density at radius 1 is 0.424 bits per heavy atom. The minimum absolute atomic E-state index is 0.137. The smallest absolute Gasteiger partial charge is 0.0904 e. The summed E-state index contributed by atoms with van der Waals surface area (Å²) >= 11 is 0. The third kappa shape index (κ3) is 5.94.